The predicted molar refractivity (Wildman–Crippen MR) is 88.2 cm³/mol. The predicted octanol–water partition coefficient (Wildman–Crippen LogP) is 0.890. The first-order chi connectivity index (χ1) is 11.7. The molecule has 0 saturated carbocycles. The van der Waals surface area contributed by atoms with Gasteiger partial charge in [0.1, 0.15) is 12.1 Å². The maximum Gasteiger partial charge on any atom is 0.254 e. The van der Waals surface area contributed by atoms with Crippen LogP contribution in [0.4, 0.5) is 5.82 Å². The Kier molecular flexibility index (Phi) is 4.74. The van der Waals surface area contributed by atoms with E-state index in [0.29, 0.717) is 30.4 Å². The third kappa shape index (κ3) is 3.70. The zero-order valence-corrected chi connectivity index (χ0v) is 13.4. The minimum absolute atomic E-state index is 0.108. The number of carbonyl (C=O) groups excluding carboxylic acids is 1. The number of carbonyl (C=O) groups is 1. The third-order valence-electron chi connectivity index (χ3n) is 4.01. The van der Waals surface area contributed by atoms with Crippen molar-refractivity contribution in [1.29, 1.82) is 0 Å². The van der Waals surface area contributed by atoms with Crippen LogP contribution in [0.15, 0.2) is 35.5 Å². The number of likely N-dealkylation sites (tertiary alicyclic amines) is 1. The first-order valence-electron chi connectivity index (χ1n) is 7.76. The molecule has 0 aliphatic carbocycles. The minimum atomic E-state index is -0.268. The summed E-state index contributed by atoms with van der Waals surface area (Å²) in [6, 6.07) is 4.93. The fourth-order valence-corrected chi connectivity index (χ4v) is 2.73. The molecule has 0 radical (unpaired) electrons. The van der Waals surface area contributed by atoms with E-state index in [1.165, 1.54) is 18.6 Å². The summed E-state index contributed by atoms with van der Waals surface area (Å²) in [7, 11) is 1.56. The van der Waals surface area contributed by atoms with Crippen LogP contribution in [0.1, 0.15) is 23.2 Å². The highest BCUT2D eigenvalue weighted by molar-refractivity contribution is 5.94. The molecular weight excluding hydrogens is 310 g/mol. The van der Waals surface area contributed by atoms with E-state index in [1.807, 2.05) is 0 Å². The summed E-state index contributed by atoms with van der Waals surface area (Å²) < 4.78 is 5.08. The molecule has 2 aromatic rings. The lowest BCUT2D eigenvalue weighted by Crippen LogP contribution is -2.42. The van der Waals surface area contributed by atoms with Crippen molar-refractivity contribution in [2.24, 2.45) is 0 Å². The number of pyridine rings is 1. The Morgan fingerprint density at radius 1 is 1.33 bits per heavy atom. The van der Waals surface area contributed by atoms with Crippen molar-refractivity contribution in [2.45, 2.75) is 18.9 Å². The zero-order chi connectivity index (χ0) is 16.9. The van der Waals surface area contributed by atoms with E-state index in [-0.39, 0.29) is 17.5 Å². The number of hydrogen-bond acceptors (Lipinski definition) is 6. The van der Waals surface area contributed by atoms with Gasteiger partial charge >= 0.3 is 0 Å². The average Bonchev–Trinajstić information content (AvgIpc) is 2.62. The Bertz CT molecular complexity index is 768. The van der Waals surface area contributed by atoms with E-state index in [1.54, 1.807) is 24.1 Å². The number of aromatic amines is 1. The Morgan fingerprint density at radius 2 is 2.12 bits per heavy atom. The molecule has 0 bridgehead atoms. The molecular formula is C16H19N5O3. The highest BCUT2D eigenvalue weighted by Crippen LogP contribution is 2.18. The Labute approximate surface area is 138 Å². The number of anilines is 1. The van der Waals surface area contributed by atoms with Gasteiger partial charge in [-0.05, 0) is 18.9 Å². The number of rotatable bonds is 4. The number of amides is 1. The molecule has 3 heterocycles. The van der Waals surface area contributed by atoms with Crippen molar-refractivity contribution in [3.63, 3.8) is 0 Å². The van der Waals surface area contributed by atoms with Gasteiger partial charge in [0.25, 0.3) is 5.91 Å². The number of nitrogens with zero attached hydrogens (tertiary/aromatic N) is 3. The summed E-state index contributed by atoms with van der Waals surface area (Å²) >= 11 is 0. The summed E-state index contributed by atoms with van der Waals surface area (Å²) in [4.78, 5) is 36.2. The second kappa shape index (κ2) is 7.12. The number of aromatic nitrogens is 3. The molecule has 1 aliphatic heterocycles. The largest absolute Gasteiger partial charge is 0.481 e. The molecule has 0 atom stereocenters. The molecule has 24 heavy (non-hydrogen) atoms. The average molecular weight is 329 g/mol. The number of H-pyrrole nitrogens is 1. The van der Waals surface area contributed by atoms with Crippen LogP contribution in [-0.2, 0) is 0 Å². The fourth-order valence-electron chi connectivity index (χ4n) is 2.73. The van der Waals surface area contributed by atoms with Crippen molar-refractivity contribution >= 4 is 11.7 Å². The van der Waals surface area contributed by atoms with E-state index in [9.17, 15) is 9.59 Å². The van der Waals surface area contributed by atoms with Gasteiger partial charge in [0.05, 0.1) is 7.11 Å². The van der Waals surface area contributed by atoms with Gasteiger partial charge in [-0.15, -0.1) is 0 Å². The topological polar surface area (TPSA) is 100 Å². The van der Waals surface area contributed by atoms with Crippen LogP contribution in [0.2, 0.25) is 0 Å². The number of piperidine rings is 1. The van der Waals surface area contributed by atoms with Crippen LogP contribution in [0.5, 0.6) is 5.88 Å². The van der Waals surface area contributed by atoms with Gasteiger partial charge in [0.2, 0.25) is 11.4 Å². The standard InChI is InChI=1S/C16H19N5O3/c1-24-15-9-13(18-10-19-15)20-12-3-6-21(7-4-12)16(23)11-2-5-17-14(22)8-11/h2,5,8-10,12H,3-4,6-7H2,1H3,(H,17,22)(H,18,19,20). The van der Waals surface area contributed by atoms with Gasteiger partial charge in [-0.3, -0.25) is 9.59 Å². The van der Waals surface area contributed by atoms with Crippen molar-refractivity contribution < 1.29 is 9.53 Å². The van der Waals surface area contributed by atoms with Crippen LogP contribution in [0.25, 0.3) is 0 Å². The lowest BCUT2D eigenvalue weighted by atomic mass is 10.0. The first-order valence-corrected chi connectivity index (χ1v) is 7.76. The van der Waals surface area contributed by atoms with Gasteiger partial charge < -0.3 is 19.9 Å². The van der Waals surface area contributed by atoms with Crippen LogP contribution >= 0.6 is 0 Å². The van der Waals surface area contributed by atoms with Crippen molar-refractivity contribution in [3.05, 3.63) is 46.6 Å². The van der Waals surface area contributed by atoms with Crippen molar-refractivity contribution in [1.82, 2.24) is 19.9 Å². The van der Waals surface area contributed by atoms with Gasteiger partial charge in [0, 0.05) is 43.0 Å². The van der Waals surface area contributed by atoms with Gasteiger partial charge in [-0.1, -0.05) is 0 Å². The van der Waals surface area contributed by atoms with E-state index in [2.05, 4.69) is 20.3 Å². The number of ether oxygens (including phenoxy) is 1. The molecule has 126 valence electrons. The Hall–Kier alpha value is -2.90. The Balaban J connectivity index is 1.57. The molecule has 0 spiro atoms. The summed E-state index contributed by atoms with van der Waals surface area (Å²) in [5, 5.41) is 3.34. The van der Waals surface area contributed by atoms with Gasteiger partial charge in [0.15, 0.2) is 0 Å². The third-order valence-corrected chi connectivity index (χ3v) is 4.01. The molecule has 8 nitrogen and oxygen atoms in total. The van der Waals surface area contributed by atoms with Crippen molar-refractivity contribution in [2.75, 3.05) is 25.5 Å². The highest BCUT2D eigenvalue weighted by atomic mass is 16.5. The monoisotopic (exact) mass is 329 g/mol. The second-order valence-electron chi connectivity index (χ2n) is 5.60. The molecule has 0 unspecified atom stereocenters. The smallest absolute Gasteiger partial charge is 0.254 e. The summed E-state index contributed by atoms with van der Waals surface area (Å²) in [6.07, 6.45) is 4.56. The minimum Gasteiger partial charge on any atom is -0.481 e. The molecule has 1 amide bonds. The molecule has 0 aromatic carbocycles. The molecule has 8 heteroatoms. The van der Waals surface area contributed by atoms with E-state index >= 15 is 0 Å². The maximum atomic E-state index is 12.4. The van der Waals surface area contributed by atoms with Crippen LogP contribution in [-0.4, -0.2) is 52.0 Å². The molecule has 1 saturated heterocycles. The summed E-state index contributed by atoms with van der Waals surface area (Å²) in [5.41, 5.74) is 0.154. The number of methoxy groups -OCH3 is 1. The quantitative estimate of drug-likeness (QED) is 0.864. The zero-order valence-electron chi connectivity index (χ0n) is 13.4. The summed E-state index contributed by atoms with van der Waals surface area (Å²) in [6.45, 7) is 1.26. The van der Waals surface area contributed by atoms with Gasteiger partial charge in [-0.25, -0.2) is 9.97 Å². The number of nitrogens with one attached hydrogen (secondary N) is 2. The lowest BCUT2D eigenvalue weighted by molar-refractivity contribution is 0.0718. The Morgan fingerprint density at radius 3 is 2.83 bits per heavy atom. The second-order valence-corrected chi connectivity index (χ2v) is 5.60. The van der Waals surface area contributed by atoms with E-state index in [4.69, 9.17) is 4.74 Å². The molecule has 2 aromatic heterocycles. The summed E-state index contributed by atoms with van der Waals surface area (Å²) in [5.74, 6) is 1.11. The molecule has 1 aliphatic rings. The SMILES string of the molecule is COc1cc(NC2CCN(C(=O)c3cc[nH]c(=O)c3)CC2)ncn1. The lowest BCUT2D eigenvalue weighted by Gasteiger charge is -2.32. The van der Waals surface area contributed by atoms with Gasteiger partial charge in [-0.2, -0.15) is 0 Å². The first kappa shape index (κ1) is 16.0. The fraction of sp³-hybridized carbons (Fsp3) is 0.375. The van der Waals surface area contributed by atoms with E-state index < -0.39 is 0 Å². The molecule has 2 N–H and O–H groups in total. The maximum absolute atomic E-state index is 12.4. The van der Waals surface area contributed by atoms with Crippen LogP contribution < -0.4 is 15.6 Å². The molecule has 1 fully saturated rings. The van der Waals surface area contributed by atoms with E-state index in [0.717, 1.165) is 12.8 Å². The van der Waals surface area contributed by atoms with Crippen LogP contribution in [0.3, 0.4) is 0 Å². The number of hydrogen-bond donors (Lipinski definition) is 2. The normalized spacial score (nSPS) is 15.1. The molecule has 3 rings (SSSR count). The van der Waals surface area contributed by atoms with Crippen molar-refractivity contribution in [3.8, 4) is 5.88 Å². The van der Waals surface area contributed by atoms with Crippen LogP contribution in [0, 0.1) is 0 Å². The highest BCUT2D eigenvalue weighted by Gasteiger charge is 2.24.